The topological polar surface area (TPSA) is 58.1 Å². The van der Waals surface area contributed by atoms with Gasteiger partial charge in [0.25, 0.3) is 0 Å². The van der Waals surface area contributed by atoms with E-state index >= 15 is 0 Å². The Kier molecular flexibility index (Phi) is 5.31. The molecule has 1 amide bonds. The minimum absolute atomic E-state index is 0.121. The standard InChI is InChI=1S/C18H17F3N4OS/c1-3-25(16-12-8-11(2)27-17(12)23-10-22-16)9-15(26)24-14-7-5-4-6-13(14)18(19,20)21/h4-8,10H,3,9H2,1-2H3,(H,24,26). The predicted octanol–water partition coefficient (Wildman–Crippen LogP) is 4.48. The summed E-state index contributed by atoms with van der Waals surface area (Å²) in [4.78, 5) is 24.5. The SMILES string of the molecule is CCN(CC(=O)Nc1ccccc1C(F)(F)F)c1ncnc2sc(C)cc12. The van der Waals surface area contributed by atoms with Crippen LogP contribution in [0.2, 0.25) is 0 Å². The molecular weight excluding hydrogens is 377 g/mol. The molecule has 1 N–H and O–H groups in total. The number of nitrogens with zero attached hydrogens (tertiary/aromatic N) is 3. The summed E-state index contributed by atoms with van der Waals surface area (Å²) < 4.78 is 39.3. The zero-order valence-electron chi connectivity index (χ0n) is 14.7. The van der Waals surface area contributed by atoms with Gasteiger partial charge in [-0.3, -0.25) is 4.79 Å². The fraction of sp³-hybridized carbons (Fsp3) is 0.278. The number of hydrogen-bond acceptors (Lipinski definition) is 5. The fourth-order valence-electron chi connectivity index (χ4n) is 2.75. The number of carbonyl (C=O) groups is 1. The second-order valence-corrected chi connectivity index (χ2v) is 7.11. The van der Waals surface area contributed by atoms with Gasteiger partial charge in [-0.05, 0) is 32.0 Å². The lowest BCUT2D eigenvalue weighted by molar-refractivity contribution is -0.137. The molecule has 0 unspecified atom stereocenters. The Balaban J connectivity index is 1.82. The third-order valence-corrected chi connectivity index (χ3v) is 4.91. The molecule has 1 aromatic carbocycles. The van der Waals surface area contributed by atoms with Crippen LogP contribution in [-0.2, 0) is 11.0 Å². The molecule has 0 aliphatic rings. The number of fused-ring (bicyclic) bond motifs is 1. The number of nitrogens with one attached hydrogen (secondary N) is 1. The maximum Gasteiger partial charge on any atom is 0.418 e. The van der Waals surface area contributed by atoms with Crippen molar-refractivity contribution < 1.29 is 18.0 Å². The van der Waals surface area contributed by atoms with Gasteiger partial charge >= 0.3 is 6.18 Å². The molecule has 0 aliphatic heterocycles. The van der Waals surface area contributed by atoms with Crippen LogP contribution in [0.5, 0.6) is 0 Å². The summed E-state index contributed by atoms with van der Waals surface area (Å²) in [5.41, 5.74) is -1.13. The van der Waals surface area contributed by atoms with E-state index in [-0.39, 0.29) is 12.2 Å². The minimum Gasteiger partial charge on any atom is -0.347 e. The molecule has 3 aromatic rings. The van der Waals surface area contributed by atoms with Crippen molar-refractivity contribution in [2.45, 2.75) is 20.0 Å². The van der Waals surface area contributed by atoms with Crippen LogP contribution in [0.3, 0.4) is 0 Å². The van der Waals surface area contributed by atoms with Gasteiger partial charge in [0.2, 0.25) is 5.91 Å². The average molecular weight is 394 g/mol. The highest BCUT2D eigenvalue weighted by Gasteiger charge is 2.33. The first kappa shape index (κ1) is 19.1. The first-order chi connectivity index (χ1) is 12.8. The highest BCUT2D eigenvalue weighted by molar-refractivity contribution is 7.18. The molecule has 142 valence electrons. The van der Waals surface area contributed by atoms with E-state index in [1.54, 1.807) is 4.90 Å². The first-order valence-electron chi connectivity index (χ1n) is 8.21. The molecule has 0 saturated heterocycles. The molecular formula is C18H17F3N4OS. The number of alkyl halides is 3. The quantitative estimate of drug-likeness (QED) is 0.693. The second-order valence-electron chi connectivity index (χ2n) is 5.88. The number of hydrogen-bond donors (Lipinski definition) is 1. The number of aromatic nitrogens is 2. The number of aryl methyl sites for hydroxylation is 1. The van der Waals surface area contributed by atoms with Crippen LogP contribution >= 0.6 is 11.3 Å². The van der Waals surface area contributed by atoms with Gasteiger partial charge in [0, 0.05) is 11.4 Å². The molecule has 0 radical (unpaired) electrons. The normalized spacial score (nSPS) is 11.6. The van der Waals surface area contributed by atoms with E-state index in [4.69, 9.17) is 0 Å². The largest absolute Gasteiger partial charge is 0.418 e. The van der Waals surface area contributed by atoms with Crippen molar-refractivity contribution in [3.05, 3.63) is 47.1 Å². The van der Waals surface area contributed by atoms with Crippen molar-refractivity contribution in [2.24, 2.45) is 0 Å². The Labute approximate surface area is 157 Å². The van der Waals surface area contributed by atoms with Crippen LogP contribution in [-0.4, -0.2) is 29.0 Å². The predicted molar refractivity (Wildman–Crippen MR) is 100 cm³/mol. The van der Waals surface area contributed by atoms with Crippen LogP contribution in [0.4, 0.5) is 24.7 Å². The highest BCUT2D eigenvalue weighted by atomic mass is 32.1. The van der Waals surface area contributed by atoms with E-state index in [1.807, 2.05) is 19.9 Å². The summed E-state index contributed by atoms with van der Waals surface area (Å²) >= 11 is 1.52. The molecule has 0 saturated carbocycles. The molecule has 2 aromatic heterocycles. The molecule has 0 aliphatic carbocycles. The van der Waals surface area contributed by atoms with Crippen molar-refractivity contribution in [1.82, 2.24) is 9.97 Å². The lowest BCUT2D eigenvalue weighted by Gasteiger charge is -2.22. The van der Waals surface area contributed by atoms with Crippen LogP contribution in [0.15, 0.2) is 36.7 Å². The summed E-state index contributed by atoms with van der Waals surface area (Å²) in [5.74, 6) is 0.0402. The van der Waals surface area contributed by atoms with Crippen molar-refractivity contribution in [3.63, 3.8) is 0 Å². The Morgan fingerprint density at radius 1 is 1.26 bits per heavy atom. The number of halogens is 3. The van der Waals surface area contributed by atoms with Crippen molar-refractivity contribution in [2.75, 3.05) is 23.3 Å². The second kappa shape index (κ2) is 7.51. The van der Waals surface area contributed by atoms with Crippen molar-refractivity contribution >= 4 is 39.0 Å². The zero-order chi connectivity index (χ0) is 19.6. The van der Waals surface area contributed by atoms with Gasteiger partial charge in [-0.2, -0.15) is 13.2 Å². The maximum atomic E-state index is 13.1. The third-order valence-electron chi connectivity index (χ3n) is 3.95. The van der Waals surface area contributed by atoms with E-state index < -0.39 is 17.6 Å². The average Bonchev–Trinajstić information content (AvgIpc) is 2.99. The zero-order valence-corrected chi connectivity index (χ0v) is 15.5. The molecule has 0 bridgehead atoms. The fourth-order valence-corrected chi connectivity index (χ4v) is 3.60. The van der Waals surface area contributed by atoms with Gasteiger partial charge in [0.1, 0.15) is 17.0 Å². The van der Waals surface area contributed by atoms with Crippen molar-refractivity contribution in [3.8, 4) is 0 Å². The van der Waals surface area contributed by atoms with Gasteiger partial charge in [-0.25, -0.2) is 9.97 Å². The monoisotopic (exact) mass is 394 g/mol. The molecule has 0 fully saturated rings. The molecule has 3 rings (SSSR count). The lowest BCUT2D eigenvalue weighted by atomic mass is 10.1. The molecule has 0 spiro atoms. The van der Waals surface area contributed by atoms with Crippen molar-refractivity contribution in [1.29, 1.82) is 0 Å². The summed E-state index contributed by atoms with van der Waals surface area (Å²) in [6.45, 7) is 4.15. The first-order valence-corrected chi connectivity index (χ1v) is 9.03. The molecule has 27 heavy (non-hydrogen) atoms. The summed E-state index contributed by atoms with van der Waals surface area (Å²) in [5, 5.41) is 3.19. The smallest absolute Gasteiger partial charge is 0.347 e. The summed E-state index contributed by atoms with van der Waals surface area (Å²) in [6.07, 6.45) is -3.12. The number of carbonyl (C=O) groups excluding carboxylic acids is 1. The Hall–Kier alpha value is -2.68. The maximum absolute atomic E-state index is 13.1. The lowest BCUT2D eigenvalue weighted by Crippen LogP contribution is -2.34. The minimum atomic E-state index is -4.54. The number of likely N-dealkylation sites (N-methyl/N-ethyl adjacent to an activating group) is 1. The number of amides is 1. The van der Waals surface area contributed by atoms with Gasteiger partial charge in [-0.1, -0.05) is 12.1 Å². The van der Waals surface area contributed by atoms with Crippen LogP contribution < -0.4 is 10.2 Å². The third kappa shape index (κ3) is 4.19. The number of para-hydroxylation sites is 1. The Morgan fingerprint density at radius 3 is 2.70 bits per heavy atom. The van der Waals surface area contributed by atoms with Gasteiger partial charge in [-0.15, -0.1) is 11.3 Å². The number of anilines is 2. The van der Waals surface area contributed by atoms with Gasteiger partial charge in [0.15, 0.2) is 0 Å². The van der Waals surface area contributed by atoms with Crippen LogP contribution in [0.25, 0.3) is 10.2 Å². The Bertz CT molecular complexity index is 971. The number of rotatable bonds is 5. The van der Waals surface area contributed by atoms with Gasteiger partial charge < -0.3 is 10.2 Å². The van der Waals surface area contributed by atoms with Gasteiger partial charge in [0.05, 0.1) is 23.2 Å². The van der Waals surface area contributed by atoms with E-state index in [2.05, 4.69) is 15.3 Å². The molecule has 2 heterocycles. The van der Waals surface area contributed by atoms with Crippen LogP contribution in [0.1, 0.15) is 17.4 Å². The van der Waals surface area contributed by atoms with E-state index in [1.165, 1.54) is 35.9 Å². The van der Waals surface area contributed by atoms with Crippen LogP contribution in [0, 0.1) is 6.92 Å². The van der Waals surface area contributed by atoms with E-state index in [9.17, 15) is 18.0 Å². The molecule has 5 nitrogen and oxygen atoms in total. The highest BCUT2D eigenvalue weighted by Crippen LogP contribution is 2.34. The molecule has 9 heteroatoms. The number of thiophene rings is 1. The summed E-state index contributed by atoms with van der Waals surface area (Å²) in [6, 6.07) is 6.85. The number of benzene rings is 1. The summed E-state index contributed by atoms with van der Waals surface area (Å²) in [7, 11) is 0. The molecule has 0 atom stereocenters. The van der Waals surface area contributed by atoms with E-state index in [0.29, 0.717) is 12.4 Å². The van der Waals surface area contributed by atoms with E-state index in [0.717, 1.165) is 21.2 Å². The Morgan fingerprint density at radius 2 is 2.00 bits per heavy atom.